The fraction of sp³-hybridized carbons (Fsp3) is 0.639. The van der Waals surface area contributed by atoms with Crippen molar-refractivity contribution in [3.05, 3.63) is 65.2 Å². The molecule has 2 fully saturated rings. The standard InChI is InChI=1S/C36H52O3/c1-5-32(27(2)3)30-19-20-34(33(25-30)28(4)37)39-35(38-24-21-29-15-9-6-10-16-29)26-36(22-13-8-14-23-36)31-17-11-7-12-18-31/h7,11-12,17-20,25,27,29,32,35H,5-6,8-10,13-16,21-24,26H2,1-4H3. The molecule has 2 atom stereocenters. The van der Waals surface area contributed by atoms with Gasteiger partial charge in [0.1, 0.15) is 5.75 Å². The number of rotatable bonds is 13. The Kier molecular flexibility index (Phi) is 11.1. The first-order valence-corrected chi connectivity index (χ1v) is 15.9. The van der Waals surface area contributed by atoms with Crippen LogP contribution in [0.5, 0.6) is 5.75 Å². The summed E-state index contributed by atoms with van der Waals surface area (Å²) in [5.41, 5.74) is 3.37. The van der Waals surface area contributed by atoms with Crippen molar-refractivity contribution in [2.75, 3.05) is 6.61 Å². The Morgan fingerprint density at radius 2 is 1.64 bits per heavy atom. The summed E-state index contributed by atoms with van der Waals surface area (Å²) in [6.07, 6.45) is 15.4. The third kappa shape index (κ3) is 7.97. The lowest BCUT2D eigenvalue weighted by atomic mass is 9.67. The van der Waals surface area contributed by atoms with Crippen LogP contribution in [-0.4, -0.2) is 18.7 Å². The summed E-state index contributed by atoms with van der Waals surface area (Å²) >= 11 is 0. The molecule has 2 unspecified atom stereocenters. The van der Waals surface area contributed by atoms with Crippen LogP contribution in [0.4, 0.5) is 0 Å². The van der Waals surface area contributed by atoms with Crippen molar-refractivity contribution in [1.82, 2.24) is 0 Å². The second kappa shape index (κ2) is 14.5. The van der Waals surface area contributed by atoms with E-state index in [1.54, 1.807) is 6.92 Å². The van der Waals surface area contributed by atoms with Crippen molar-refractivity contribution >= 4 is 5.78 Å². The number of carbonyl (C=O) groups excluding carboxylic acids is 1. The second-order valence-corrected chi connectivity index (χ2v) is 12.7. The first kappa shape index (κ1) is 29.8. The van der Waals surface area contributed by atoms with Crippen LogP contribution >= 0.6 is 0 Å². The lowest BCUT2D eigenvalue weighted by molar-refractivity contribution is -0.103. The van der Waals surface area contributed by atoms with E-state index in [-0.39, 0.29) is 17.5 Å². The molecule has 2 aromatic carbocycles. The van der Waals surface area contributed by atoms with Gasteiger partial charge in [-0.25, -0.2) is 0 Å². The van der Waals surface area contributed by atoms with Crippen LogP contribution in [0.3, 0.4) is 0 Å². The summed E-state index contributed by atoms with van der Waals surface area (Å²) in [4.78, 5) is 12.9. The van der Waals surface area contributed by atoms with Crippen LogP contribution in [0.2, 0.25) is 0 Å². The average molecular weight is 533 g/mol. The quantitative estimate of drug-likeness (QED) is 0.190. The van der Waals surface area contributed by atoms with Crippen molar-refractivity contribution in [3.8, 4) is 5.75 Å². The Hall–Kier alpha value is -2.13. The van der Waals surface area contributed by atoms with Gasteiger partial charge in [0.25, 0.3) is 0 Å². The van der Waals surface area contributed by atoms with Gasteiger partial charge < -0.3 is 9.47 Å². The van der Waals surface area contributed by atoms with E-state index in [1.807, 2.05) is 6.07 Å². The van der Waals surface area contributed by atoms with Crippen molar-refractivity contribution in [3.63, 3.8) is 0 Å². The SMILES string of the molecule is CCC(c1ccc(OC(CC2(c3ccccc3)CCCCC2)OCCC2CCCCC2)c(C(C)=O)c1)C(C)C. The van der Waals surface area contributed by atoms with Gasteiger partial charge in [0.2, 0.25) is 6.29 Å². The summed E-state index contributed by atoms with van der Waals surface area (Å²) < 4.78 is 13.4. The van der Waals surface area contributed by atoms with Gasteiger partial charge in [-0.2, -0.15) is 0 Å². The van der Waals surface area contributed by atoms with Gasteiger partial charge in [0, 0.05) is 11.8 Å². The molecule has 2 aliphatic carbocycles. The second-order valence-electron chi connectivity index (χ2n) is 12.7. The molecule has 3 nitrogen and oxygen atoms in total. The van der Waals surface area contributed by atoms with Crippen LogP contribution in [0.1, 0.15) is 139 Å². The first-order valence-electron chi connectivity index (χ1n) is 15.9. The van der Waals surface area contributed by atoms with E-state index < -0.39 is 0 Å². The highest BCUT2D eigenvalue weighted by Crippen LogP contribution is 2.44. The van der Waals surface area contributed by atoms with Gasteiger partial charge in [-0.3, -0.25) is 4.79 Å². The zero-order valence-electron chi connectivity index (χ0n) is 25.1. The summed E-state index contributed by atoms with van der Waals surface area (Å²) in [5, 5.41) is 0. The molecular weight excluding hydrogens is 480 g/mol. The summed E-state index contributed by atoms with van der Waals surface area (Å²) in [6, 6.07) is 17.3. The molecule has 2 aliphatic rings. The Bertz CT molecular complexity index is 1010. The van der Waals surface area contributed by atoms with Crippen molar-refractivity contribution in [2.45, 2.75) is 129 Å². The highest BCUT2D eigenvalue weighted by atomic mass is 16.7. The molecular formula is C36H52O3. The first-order chi connectivity index (χ1) is 18.9. The lowest BCUT2D eigenvalue weighted by Gasteiger charge is -2.40. The van der Waals surface area contributed by atoms with Crippen LogP contribution in [0, 0.1) is 11.8 Å². The van der Waals surface area contributed by atoms with Crippen LogP contribution < -0.4 is 4.74 Å². The average Bonchev–Trinajstić information content (AvgIpc) is 2.95. The van der Waals surface area contributed by atoms with Gasteiger partial charge in [-0.15, -0.1) is 0 Å². The van der Waals surface area contributed by atoms with E-state index in [2.05, 4.69) is 63.2 Å². The summed E-state index contributed by atoms with van der Waals surface area (Å²) in [6.45, 7) is 9.13. The Balaban J connectivity index is 1.59. The minimum absolute atomic E-state index is 0.0519. The fourth-order valence-corrected chi connectivity index (χ4v) is 7.32. The molecule has 0 N–H and O–H groups in total. The number of carbonyl (C=O) groups is 1. The zero-order valence-corrected chi connectivity index (χ0v) is 25.1. The molecule has 2 saturated carbocycles. The molecule has 0 spiro atoms. The maximum atomic E-state index is 12.9. The van der Waals surface area contributed by atoms with E-state index in [0.717, 1.165) is 44.6 Å². The predicted octanol–water partition coefficient (Wildman–Crippen LogP) is 10.0. The number of Topliss-reactive ketones (excluding diaryl/α,β-unsaturated/α-hetero) is 1. The molecule has 2 aromatic rings. The molecule has 0 bridgehead atoms. The monoisotopic (exact) mass is 532 g/mol. The van der Waals surface area contributed by atoms with E-state index in [1.165, 1.54) is 62.5 Å². The number of ether oxygens (including phenoxy) is 2. The molecule has 0 radical (unpaired) electrons. The lowest BCUT2D eigenvalue weighted by Crippen LogP contribution is -2.37. The summed E-state index contributed by atoms with van der Waals surface area (Å²) in [5.74, 6) is 2.46. The Morgan fingerprint density at radius 3 is 2.28 bits per heavy atom. The van der Waals surface area contributed by atoms with Crippen molar-refractivity contribution in [1.29, 1.82) is 0 Å². The number of benzene rings is 2. The van der Waals surface area contributed by atoms with E-state index in [4.69, 9.17) is 9.47 Å². The summed E-state index contributed by atoms with van der Waals surface area (Å²) in [7, 11) is 0. The van der Waals surface area contributed by atoms with Crippen LogP contribution in [-0.2, 0) is 10.2 Å². The van der Waals surface area contributed by atoms with Gasteiger partial charge >= 0.3 is 0 Å². The highest BCUT2D eigenvalue weighted by molar-refractivity contribution is 5.97. The van der Waals surface area contributed by atoms with Gasteiger partial charge in [0.15, 0.2) is 5.78 Å². The maximum absolute atomic E-state index is 12.9. The Labute approximate surface area is 238 Å². The smallest absolute Gasteiger partial charge is 0.200 e. The van der Waals surface area contributed by atoms with Gasteiger partial charge in [0.05, 0.1) is 12.2 Å². The predicted molar refractivity (Wildman–Crippen MR) is 162 cm³/mol. The molecule has 3 heteroatoms. The van der Waals surface area contributed by atoms with E-state index in [9.17, 15) is 4.79 Å². The minimum Gasteiger partial charge on any atom is -0.464 e. The topological polar surface area (TPSA) is 35.5 Å². The number of hydrogen-bond acceptors (Lipinski definition) is 3. The largest absolute Gasteiger partial charge is 0.464 e. The van der Waals surface area contributed by atoms with Gasteiger partial charge in [-0.05, 0) is 73.6 Å². The van der Waals surface area contributed by atoms with Crippen LogP contribution in [0.25, 0.3) is 0 Å². The molecule has 0 aliphatic heterocycles. The molecule has 0 aromatic heterocycles. The van der Waals surface area contributed by atoms with Gasteiger partial charge in [-0.1, -0.05) is 109 Å². The van der Waals surface area contributed by atoms with E-state index >= 15 is 0 Å². The third-order valence-electron chi connectivity index (χ3n) is 9.62. The van der Waals surface area contributed by atoms with Crippen molar-refractivity contribution in [2.24, 2.45) is 11.8 Å². The minimum atomic E-state index is -0.372. The van der Waals surface area contributed by atoms with Crippen molar-refractivity contribution < 1.29 is 14.3 Å². The zero-order chi connectivity index (χ0) is 27.7. The highest BCUT2D eigenvalue weighted by Gasteiger charge is 2.37. The Morgan fingerprint density at radius 1 is 0.949 bits per heavy atom. The molecule has 0 saturated heterocycles. The molecule has 4 rings (SSSR count). The maximum Gasteiger partial charge on any atom is 0.200 e. The molecule has 0 heterocycles. The number of ketones is 1. The fourth-order valence-electron chi connectivity index (χ4n) is 7.32. The molecule has 39 heavy (non-hydrogen) atoms. The normalized spacial score (nSPS) is 19.5. The molecule has 0 amide bonds. The van der Waals surface area contributed by atoms with E-state index in [0.29, 0.717) is 23.1 Å². The third-order valence-corrected chi connectivity index (χ3v) is 9.62. The van der Waals surface area contributed by atoms with Crippen LogP contribution in [0.15, 0.2) is 48.5 Å². The number of hydrogen-bond donors (Lipinski definition) is 0. The molecule has 214 valence electrons.